The van der Waals surface area contributed by atoms with E-state index < -0.39 is 0 Å². The van der Waals surface area contributed by atoms with Gasteiger partial charge in [0.1, 0.15) is 0 Å². The summed E-state index contributed by atoms with van der Waals surface area (Å²) in [6.07, 6.45) is 16.4. The minimum absolute atomic E-state index is 0.838. The van der Waals surface area contributed by atoms with Gasteiger partial charge in [-0.05, 0) is 60.7 Å². The third kappa shape index (κ3) is 3.21. The van der Waals surface area contributed by atoms with Crippen LogP contribution >= 0.6 is 0 Å². The lowest BCUT2D eigenvalue weighted by Gasteiger charge is -1.96. The maximum absolute atomic E-state index is 4.25. The zero-order chi connectivity index (χ0) is 15.5. The highest BCUT2D eigenvalue weighted by atomic mass is 14.8. The molecule has 0 unspecified atom stereocenters. The summed E-state index contributed by atoms with van der Waals surface area (Å²) < 4.78 is 0. The number of allylic oxidation sites excluding steroid dienone is 4. The predicted octanol–water partition coefficient (Wildman–Crippen LogP) is 3.90. The topological polar surface area (TPSA) is 56.3 Å². The zero-order valence-electron chi connectivity index (χ0n) is 12.5. The summed E-state index contributed by atoms with van der Waals surface area (Å²) >= 11 is 0. The fourth-order valence-electron chi connectivity index (χ4n) is 2.61. The van der Waals surface area contributed by atoms with Crippen LogP contribution in [-0.4, -0.2) is 22.4 Å². The van der Waals surface area contributed by atoms with Gasteiger partial charge in [0.2, 0.25) is 0 Å². The first-order chi connectivity index (χ1) is 11.3. The van der Waals surface area contributed by atoms with Crippen molar-refractivity contribution in [1.29, 1.82) is 0 Å². The zero-order valence-corrected chi connectivity index (χ0v) is 12.5. The second-order valence-electron chi connectivity index (χ2n) is 5.47. The molecular weight excluding hydrogens is 284 g/mol. The summed E-state index contributed by atoms with van der Waals surface area (Å²) in [5.74, 6) is 0. The van der Waals surface area contributed by atoms with E-state index in [0.717, 1.165) is 29.2 Å². The van der Waals surface area contributed by atoms with E-state index in [2.05, 4.69) is 44.2 Å². The molecule has 2 aliphatic rings. The molecule has 0 amide bonds. The van der Waals surface area contributed by atoms with Crippen molar-refractivity contribution in [3.8, 4) is 0 Å². The van der Waals surface area contributed by atoms with E-state index in [0.29, 0.717) is 0 Å². The molecule has 0 saturated heterocycles. The Morgan fingerprint density at radius 3 is 1.70 bits per heavy atom. The molecule has 0 spiro atoms. The molecule has 2 aromatic rings. The number of nitrogens with zero attached hydrogens (tertiary/aromatic N) is 2. The van der Waals surface area contributed by atoms with Gasteiger partial charge in [-0.25, -0.2) is 0 Å². The first-order valence-electron chi connectivity index (χ1n) is 7.56. The summed E-state index contributed by atoms with van der Waals surface area (Å²) in [7, 11) is 0. The Kier molecular flexibility index (Phi) is 3.48. The van der Waals surface area contributed by atoms with Crippen LogP contribution in [0.25, 0.3) is 12.2 Å². The molecule has 23 heavy (non-hydrogen) atoms. The molecule has 0 fully saturated rings. The van der Waals surface area contributed by atoms with Gasteiger partial charge >= 0.3 is 0 Å². The van der Waals surface area contributed by atoms with Gasteiger partial charge < -0.3 is 9.97 Å². The van der Waals surface area contributed by atoms with Crippen LogP contribution in [-0.2, 0) is 6.42 Å². The Balaban J connectivity index is 1.46. The van der Waals surface area contributed by atoms with Gasteiger partial charge in [0.25, 0.3) is 0 Å². The number of hydrogen-bond donors (Lipinski definition) is 2. The summed E-state index contributed by atoms with van der Waals surface area (Å²) in [5.41, 5.74) is 6.41. The largest absolute Gasteiger partial charge is 0.359 e. The van der Waals surface area contributed by atoms with Crippen molar-refractivity contribution in [3.63, 3.8) is 0 Å². The smallest absolute Gasteiger partial charge is 0.0650 e. The van der Waals surface area contributed by atoms with Crippen LogP contribution in [0.1, 0.15) is 22.8 Å². The first-order valence-corrected chi connectivity index (χ1v) is 7.56. The number of nitrogens with one attached hydrogen (secondary N) is 2. The van der Waals surface area contributed by atoms with Gasteiger partial charge in [-0.15, -0.1) is 0 Å². The fraction of sp³-hybridized carbons (Fsp3) is 0.0526. The van der Waals surface area contributed by atoms with Crippen LogP contribution in [0.2, 0.25) is 0 Å². The maximum Gasteiger partial charge on any atom is 0.0650 e. The van der Waals surface area contributed by atoms with E-state index >= 15 is 0 Å². The standard InChI is InChI=1S/C19H16N4/c1-3-14(20-9-1)11-16-5-7-18(22-16)13-19-8-6-17(23-19)12-15-4-2-10-21-15/h1-12,22-23H,13H2/b14-11-,15-12-. The number of aliphatic imine (C=N–C) groups is 2. The number of aromatic amines is 2. The van der Waals surface area contributed by atoms with Crippen molar-refractivity contribution >= 4 is 24.6 Å². The SMILES string of the molecule is C1=C/C(=C/c2ccc(Cc3ccc(/C=C4/C=CC=N4)[nH]3)[nH]2)N=C1. The van der Waals surface area contributed by atoms with Crippen molar-refractivity contribution < 1.29 is 0 Å². The lowest BCUT2D eigenvalue weighted by Crippen LogP contribution is -1.89. The quantitative estimate of drug-likeness (QED) is 0.860. The van der Waals surface area contributed by atoms with Gasteiger partial charge in [-0.1, -0.05) is 0 Å². The van der Waals surface area contributed by atoms with Crippen LogP contribution in [0.3, 0.4) is 0 Å². The molecule has 0 aromatic carbocycles. The van der Waals surface area contributed by atoms with Crippen LogP contribution in [0.4, 0.5) is 0 Å². The Bertz CT molecular complexity index is 795. The average molecular weight is 300 g/mol. The first kappa shape index (κ1) is 13.5. The molecule has 2 N–H and O–H groups in total. The summed E-state index contributed by atoms with van der Waals surface area (Å²) in [5, 5.41) is 0. The van der Waals surface area contributed by atoms with E-state index in [1.807, 2.05) is 36.5 Å². The van der Waals surface area contributed by atoms with Crippen molar-refractivity contribution in [2.75, 3.05) is 0 Å². The van der Waals surface area contributed by atoms with Crippen molar-refractivity contribution in [2.24, 2.45) is 9.98 Å². The Labute approximate surface area is 134 Å². The Morgan fingerprint density at radius 1 is 0.739 bits per heavy atom. The maximum atomic E-state index is 4.25. The lowest BCUT2D eigenvalue weighted by molar-refractivity contribution is 1.05. The minimum atomic E-state index is 0.838. The predicted molar refractivity (Wildman–Crippen MR) is 95.6 cm³/mol. The Morgan fingerprint density at radius 2 is 1.26 bits per heavy atom. The van der Waals surface area contributed by atoms with Gasteiger partial charge in [0, 0.05) is 41.6 Å². The molecule has 4 heterocycles. The van der Waals surface area contributed by atoms with Gasteiger partial charge in [0.15, 0.2) is 0 Å². The summed E-state index contributed by atoms with van der Waals surface area (Å²) in [6.45, 7) is 0. The second-order valence-corrected chi connectivity index (χ2v) is 5.47. The molecule has 4 nitrogen and oxygen atoms in total. The number of aromatic nitrogens is 2. The van der Waals surface area contributed by atoms with Crippen LogP contribution < -0.4 is 0 Å². The highest BCUT2D eigenvalue weighted by Gasteiger charge is 2.03. The molecule has 0 saturated carbocycles. The lowest BCUT2D eigenvalue weighted by atomic mass is 10.2. The van der Waals surface area contributed by atoms with E-state index in [1.165, 1.54) is 11.4 Å². The number of rotatable bonds is 4. The molecule has 112 valence electrons. The van der Waals surface area contributed by atoms with Gasteiger partial charge in [0.05, 0.1) is 11.4 Å². The van der Waals surface area contributed by atoms with E-state index in [9.17, 15) is 0 Å². The number of H-pyrrole nitrogens is 2. The molecule has 2 aliphatic heterocycles. The number of hydrogen-bond acceptors (Lipinski definition) is 2. The normalized spacial score (nSPS) is 19.0. The highest BCUT2D eigenvalue weighted by Crippen LogP contribution is 2.16. The third-order valence-electron chi connectivity index (χ3n) is 3.68. The third-order valence-corrected chi connectivity index (χ3v) is 3.68. The van der Waals surface area contributed by atoms with Crippen LogP contribution in [0, 0.1) is 0 Å². The van der Waals surface area contributed by atoms with Crippen molar-refractivity contribution in [3.05, 3.63) is 82.7 Å². The molecular formula is C19H16N4. The van der Waals surface area contributed by atoms with Crippen LogP contribution in [0.5, 0.6) is 0 Å². The fourth-order valence-corrected chi connectivity index (χ4v) is 2.61. The molecule has 0 atom stereocenters. The summed E-state index contributed by atoms with van der Waals surface area (Å²) in [4.78, 5) is 15.3. The molecule has 0 radical (unpaired) electrons. The molecule has 4 heteroatoms. The highest BCUT2D eigenvalue weighted by molar-refractivity contribution is 5.79. The van der Waals surface area contributed by atoms with E-state index in [-0.39, 0.29) is 0 Å². The second kappa shape index (κ2) is 5.93. The summed E-state index contributed by atoms with van der Waals surface area (Å²) in [6, 6.07) is 8.37. The van der Waals surface area contributed by atoms with Crippen molar-refractivity contribution in [2.45, 2.75) is 6.42 Å². The van der Waals surface area contributed by atoms with Gasteiger partial charge in [-0.3, -0.25) is 9.98 Å². The molecule has 4 rings (SSSR count). The van der Waals surface area contributed by atoms with Gasteiger partial charge in [-0.2, -0.15) is 0 Å². The van der Waals surface area contributed by atoms with Crippen molar-refractivity contribution in [1.82, 2.24) is 9.97 Å². The minimum Gasteiger partial charge on any atom is -0.359 e. The molecule has 0 bridgehead atoms. The Hall–Kier alpha value is -3.14. The molecule has 2 aromatic heterocycles. The monoisotopic (exact) mass is 300 g/mol. The van der Waals surface area contributed by atoms with E-state index in [1.54, 1.807) is 12.4 Å². The molecule has 0 aliphatic carbocycles. The van der Waals surface area contributed by atoms with Crippen LogP contribution in [0.15, 0.2) is 69.9 Å². The average Bonchev–Trinajstić information content (AvgIpc) is 3.31. The van der Waals surface area contributed by atoms with E-state index in [4.69, 9.17) is 0 Å².